The summed E-state index contributed by atoms with van der Waals surface area (Å²) in [5.41, 5.74) is 17.2. The zero-order valence-electron chi connectivity index (χ0n) is 41.7. The topological polar surface area (TPSA) is 29.5 Å². The first-order valence-electron chi connectivity index (χ1n) is 26.0. The molecule has 74 heavy (non-hydrogen) atoms. The Morgan fingerprint density at radius 1 is 0.324 bits per heavy atom. The minimum absolute atomic E-state index is 0.268. The lowest BCUT2D eigenvalue weighted by molar-refractivity contribution is 0.317. The van der Waals surface area contributed by atoms with Gasteiger partial charge in [-0.15, -0.1) is 0 Å². The number of phenols is 1. The molecule has 2 heteroatoms. The fourth-order valence-electron chi connectivity index (χ4n) is 12.8. The third-order valence-corrected chi connectivity index (χ3v) is 16.1. The smallest absolute Gasteiger partial charge is 0.119 e. The van der Waals surface area contributed by atoms with Crippen molar-refractivity contribution >= 4 is 64.6 Å². The Bertz CT molecular complexity index is 4250. The molecule has 0 fully saturated rings. The molecule has 13 aromatic rings. The van der Waals surface area contributed by atoms with Crippen LogP contribution in [0.15, 0.2) is 231 Å². The van der Waals surface area contributed by atoms with Crippen LogP contribution in [0.2, 0.25) is 0 Å². The van der Waals surface area contributed by atoms with Crippen molar-refractivity contribution in [3.63, 3.8) is 0 Å². The van der Waals surface area contributed by atoms with Crippen molar-refractivity contribution in [1.82, 2.24) is 0 Å². The van der Waals surface area contributed by atoms with Gasteiger partial charge in [0.1, 0.15) is 11.5 Å². The van der Waals surface area contributed by atoms with Crippen LogP contribution in [0.1, 0.15) is 38.3 Å². The van der Waals surface area contributed by atoms with Crippen molar-refractivity contribution in [3.8, 4) is 78.3 Å². The molecule has 352 valence electrons. The van der Waals surface area contributed by atoms with E-state index < -0.39 is 0 Å². The first-order valence-corrected chi connectivity index (χ1v) is 26.0. The van der Waals surface area contributed by atoms with E-state index in [2.05, 4.69) is 227 Å². The summed E-state index contributed by atoms with van der Waals surface area (Å²) >= 11 is 0. The fraction of sp³-hybridized carbons (Fsp3) is 0.0833. The van der Waals surface area contributed by atoms with Crippen LogP contribution in [0.5, 0.6) is 11.5 Å². The standard InChI is InChI=1S/C72H52O2/c1-4-41-74-49-37-31-45(32-38-49)67-56-21-9-13-25-60(56)70(61-26-14-10-22-57(61)67)71-62-27-15-11-23-58(62)69(59-24-12-16-28-63(59)71)47-34-40-51-50-39-33-46(42-64(50)72(2,3)65(51)43-47)68-54-19-7-5-17-52(54)66(44-29-35-48(73)36-30-44)53-18-6-8-20-55(53)68/h5-40,42-43,73H,4,41H2,1-3H3. The van der Waals surface area contributed by atoms with Crippen molar-refractivity contribution in [1.29, 1.82) is 0 Å². The highest BCUT2D eigenvalue weighted by atomic mass is 16.5. The van der Waals surface area contributed by atoms with Crippen LogP contribution in [0, 0.1) is 0 Å². The molecule has 0 atom stereocenters. The predicted octanol–water partition coefficient (Wildman–Crippen LogP) is 19.7. The summed E-state index contributed by atoms with van der Waals surface area (Å²) in [6, 6.07) is 84.5. The van der Waals surface area contributed by atoms with E-state index in [4.69, 9.17) is 4.74 Å². The van der Waals surface area contributed by atoms with Crippen LogP contribution in [0.25, 0.3) is 131 Å². The van der Waals surface area contributed by atoms with Crippen molar-refractivity contribution in [2.75, 3.05) is 6.61 Å². The Hall–Kier alpha value is -8.98. The summed E-state index contributed by atoms with van der Waals surface area (Å²) in [5.74, 6) is 1.17. The number of rotatable bonds is 8. The number of hydrogen-bond acceptors (Lipinski definition) is 2. The highest BCUT2D eigenvalue weighted by Crippen LogP contribution is 2.55. The maximum absolute atomic E-state index is 10.2. The first-order chi connectivity index (χ1) is 36.4. The number of hydrogen-bond donors (Lipinski definition) is 1. The maximum atomic E-state index is 10.2. The Morgan fingerprint density at radius 3 is 0.905 bits per heavy atom. The van der Waals surface area contributed by atoms with Gasteiger partial charge in [-0.2, -0.15) is 0 Å². The van der Waals surface area contributed by atoms with Gasteiger partial charge in [-0.1, -0.05) is 215 Å². The molecule has 0 saturated heterocycles. The lowest BCUT2D eigenvalue weighted by atomic mass is 9.79. The van der Waals surface area contributed by atoms with Gasteiger partial charge >= 0.3 is 0 Å². The second kappa shape index (κ2) is 17.1. The zero-order chi connectivity index (χ0) is 49.7. The third-order valence-electron chi connectivity index (χ3n) is 16.1. The zero-order valence-corrected chi connectivity index (χ0v) is 41.7. The van der Waals surface area contributed by atoms with Crippen LogP contribution in [-0.2, 0) is 5.41 Å². The normalized spacial score (nSPS) is 12.8. The monoisotopic (exact) mass is 948 g/mol. The van der Waals surface area contributed by atoms with E-state index in [0.29, 0.717) is 6.61 Å². The van der Waals surface area contributed by atoms with Crippen LogP contribution in [0.3, 0.4) is 0 Å². The van der Waals surface area contributed by atoms with E-state index in [1.54, 1.807) is 12.1 Å². The molecule has 13 aromatic carbocycles. The minimum Gasteiger partial charge on any atom is -0.508 e. The van der Waals surface area contributed by atoms with Gasteiger partial charge in [0.25, 0.3) is 0 Å². The Labute approximate surface area is 431 Å². The van der Waals surface area contributed by atoms with Gasteiger partial charge < -0.3 is 9.84 Å². The molecule has 0 aliphatic heterocycles. The van der Waals surface area contributed by atoms with Gasteiger partial charge in [0.05, 0.1) is 6.61 Å². The molecule has 0 unspecified atom stereocenters. The molecule has 0 heterocycles. The van der Waals surface area contributed by atoms with E-state index in [1.165, 1.54) is 137 Å². The summed E-state index contributed by atoms with van der Waals surface area (Å²) < 4.78 is 6.02. The van der Waals surface area contributed by atoms with Crippen LogP contribution in [0.4, 0.5) is 0 Å². The Balaban J connectivity index is 0.937. The molecule has 0 aromatic heterocycles. The average molecular weight is 949 g/mol. The number of aromatic hydroxyl groups is 1. The van der Waals surface area contributed by atoms with Crippen molar-refractivity contribution < 1.29 is 9.84 Å². The molecule has 0 bridgehead atoms. The second-order valence-electron chi connectivity index (χ2n) is 20.6. The van der Waals surface area contributed by atoms with Crippen LogP contribution >= 0.6 is 0 Å². The molecule has 14 rings (SSSR count). The van der Waals surface area contributed by atoms with Gasteiger partial charge in [-0.25, -0.2) is 0 Å². The number of benzene rings is 13. The largest absolute Gasteiger partial charge is 0.508 e. The van der Waals surface area contributed by atoms with Crippen LogP contribution < -0.4 is 4.74 Å². The van der Waals surface area contributed by atoms with E-state index in [9.17, 15) is 5.11 Å². The number of fused-ring (bicyclic) bond motifs is 9. The SMILES string of the molecule is CCCOc1ccc(-c2c3ccccc3c(-c3c4ccccc4c(-c4ccc5c(c4)C(C)(C)c4cc(-c6c7ccccc7c(-c7ccc(O)cc7)c7ccccc67)ccc4-5)c4ccccc34)c3ccccc23)cc1. The molecule has 1 aliphatic rings. The lowest BCUT2D eigenvalue weighted by Crippen LogP contribution is -2.15. The van der Waals surface area contributed by atoms with Crippen molar-refractivity contribution in [3.05, 3.63) is 242 Å². The predicted molar refractivity (Wildman–Crippen MR) is 314 cm³/mol. The Kier molecular flexibility index (Phi) is 10.1. The summed E-state index contributed by atoms with van der Waals surface area (Å²) in [5, 5.41) is 25.0. The fourth-order valence-corrected chi connectivity index (χ4v) is 12.8. The molecule has 2 nitrogen and oxygen atoms in total. The second-order valence-corrected chi connectivity index (χ2v) is 20.6. The summed E-state index contributed by atoms with van der Waals surface area (Å²) in [7, 11) is 0. The minimum atomic E-state index is -0.276. The molecule has 0 radical (unpaired) electrons. The van der Waals surface area contributed by atoms with Gasteiger partial charge in [-0.05, 0) is 185 Å². The van der Waals surface area contributed by atoms with E-state index in [0.717, 1.165) is 17.7 Å². The molecule has 1 aliphatic carbocycles. The highest BCUT2D eigenvalue weighted by molar-refractivity contribution is 6.30. The molecular weight excluding hydrogens is 897 g/mol. The molecule has 1 N–H and O–H groups in total. The van der Waals surface area contributed by atoms with E-state index >= 15 is 0 Å². The lowest BCUT2D eigenvalue weighted by Gasteiger charge is -2.24. The molecule has 0 amide bonds. The van der Waals surface area contributed by atoms with Gasteiger partial charge in [-0.3, -0.25) is 0 Å². The summed E-state index contributed by atoms with van der Waals surface area (Å²) in [6.07, 6.45) is 0.975. The van der Waals surface area contributed by atoms with E-state index in [1.807, 2.05) is 12.1 Å². The molecular formula is C72H52O2. The molecule has 0 spiro atoms. The van der Waals surface area contributed by atoms with Crippen molar-refractivity contribution in [2.24, 2.45) is 0 Å². The van der Waals surface area contributed by atoms with Crippen molar-refractivity contribution in [2.45, 2.75) is 32.6 Å². The van der Waals surface area contributed by atoms with Gasteiger partial charge in [0, 0.05) is 5.41 Å². The number of phenolic OH excluding ortho intramolecular Hbond substituents is 1. The Morgan fingerprint density at radius 2 is 0.595 bits per heavy atom. The molecule has 0 saturated carbocycles. The first kappa shape index (κ1) is 43.8. The highest BCUT2D eigenvalue weighted by Gasteiger charge is 2.36. The van der Waals surface area contributed by atoms with E-state index in [-0.39, 0.29) is 11.2 Å². The average Bonchev–Trinajstić information content (AvgIpc) is 3.67. The summed E-state index contributed by atoms with van der Waals surface area (Å²) in [4.78, 5) is 0. The number of ether oxygens (including phenoxy) is 1. The van der Waals surface area contributed by atoms with Gasteiger partial charge in [0.2, 0.25) is 0 Å². The third kappa shape index (κ3) is 6.64. The quantitative estimate of drug-likeness (QED) is 0.154. The maximum Gasteiger partial charge on any atom is 0.119 e. The summed E-state index contributed by atoms with van der Waals surface area (Å²) in [6.45, 7) is 7.66. The van der Waals surface area contributed by atoms with Gasteiger partial charge in [0.15, 0.2) is 0 Å². The van der Waals surface area contributed by atoms with Crippen LogP contribution in [-0.4, -0.2) is 11.7 Å².